The summed E-state index contributed by atoms with van der Waals surface area (Å²) in [6.45, 7) is 4.23. The van der Waals surface area contributed by atoms with Crippen molar-refractivity contribution in [3.63, 3.8) is 0 Å². The van der Waals surface area contributed by atoms with Gasteiger partial charge in [-0.1, -0.05) is 13.8 Å². The smallest absolute Gasteiger partial charge is 0.269 e. The zero-order chi connectivity index (χ0) is 16.5. The summed E-state index contributed by atoms with van der Waals surface area (Å²) in [5, 5.41) is 16.0. The van der Waals surface area contributed by atoms with Crippen LogP contribution in [0.3, 0.4) is 0 Å². The molecule has 120 valence electrons. The molecule has 7 nitrogen and oxygen atoms in total. The van der Waals surface area contributed by atoms with E-state index in [0.717, 1.165) is 12.8 Å². The van der Waals surface area contributed by atoms with Crippen LogP contribution in [0.25, 0.3) is 0 Å². The minimum atomic E-state index is -0.524. The summed E-state index contributed by atoms with van der Waals surface area (Å²) in [5.41, 5.74) is 0.257. The van der Waals surface area contributed by atoms with Crippen molar-refractivity contribution in [1.29, 1.82) is 0 Å². The zero-order valence-corrected chi connectivity index (χ0v) is 12.8. The van der Waals surface area contributed by atoms with Crippen LogP contribution in [-0.4, -0.2) is 29.3 Å². The second-order valence-electron chi connectivity index (χ2n) is 4.89. The average Bonchev–Trinajstić information content (AvgIpc) is 2.52. The van der Waals surface area contributed by atoms with Gasteiger partial charge in [0.25, 0.3) is 11.6 Å². The van der Waals surface area contributed by atoms with Gasteiger partial charge in [-0.15, -0.1) is 0 Å². The van der Waals surface area contributed by atoms with Gasteiger partial charge in [-0.2, -0.15) is 0 Å². The molecule has 0 fully saturated rings. The van der Waals surface area contributed by atoms with Gasteiger partial charge in [-0.05, 0) is 25.0 Å². The molecule has 7 heteroatoms. The largest absolute Gasteiger partial charge is 0.353 e. The van der Waals surface area contributed by atoms with Gasteiger partial charge in [0.2, 0.25) is 5.91 Å². The molecule has 22 heavy (non-hydrogen) atoms. The number of nitrogens with one attached hydrogen (secondary N) is 2. The summed E-state index contributed by atoms with van der Waals surface area (Å²) in [6, 6.07) is 5.48. The van der Waals surface area contributed by atoms with Gasteiger partial charge in [0.1, 0.15) is 0 Å². The molecule has 0 saturated heterocycles. The summed E-state index contributed by atoms with van der Waals surface area (Å²) >= 11 is 0. The molecule has 0 aromatic heterocycles. The van der Waals surface area contributed by atoms with E-state index in [-0.39, 0.29) is 36.5 Å². The van der Waals surface area contributed by atoms with Gasteiger partial charge < -0.3 is 10.6 Å². The van der Waals surface area contributed by atoms with Crippen LogP contribution in [0.1, 0.15) is 43.5 Å². The van der Waals surface area contributed by atoms with Crippen molar-refractivity contribution in [2.75, 3.05) is 6.54 Å². The number of carbonyl (C=O) groups is 2. The molecule has 0 aliphatic carbocycles. The van der Waals surface area contributed by atoms with Crippen molar-refractivity contribution in [2.45, 2.75) is 39.2 Å². The highest BCUT2D eigenvalue weighted by atomic mass is 16.6. The lowest BCUT2D eigenvalue weighted by Gasteiger charge is -2.14. The monoisotopic (exact) mass is 307 g/mol. The topological polar surface area (TPSA) is 101 Å². The predicted octanol–water partition coefficient (Wildman–Crippen LogP) is 2.02. The Kier molecular flexibility index (Phi) is 7.01. The summed E-state index contributed by atoms with van der Waals surface area (Å²) in [7, 11) is 0. The molecule has 1 rings (SSSR count). The van der Waals surface area contributed by atoms with Crippen molar-refractivity contribution in [1.82, 2.24) is 10.6 Å². The Morgan fingerprint density at radius 2 is 1.77 bits per heavy atom. The van der Waals surface area contributed by atoms with Gasteiger partial charge in [-0.3, -0.25) is 19.7 Å². The van der Waals surface area contributed by atoms with Crippen LogP contribution in [0, 0.1) is 10.1 Å². The second kappa shape index (κ2) is 8.76. The maximum absolute atomic E-state index is 11.8. The molecule has 0 aliphatic heterocycles. The van der Waals surface area contributed by atoms with E-state index >= 15 is 0 Å². The van der Waals surface area contributed by atoms with Crippen LogP contribution in [0.15, 0.2) is 24.3 Å². The molecule has 1 aromatic carbocycles. The fourth-order valence-corrected chi connectivity index (χ4v) is 1.92. The number of carbonyl (C=O) groups excluding carboxylic acids is 2. The van der Waals surface area contributed by atoms with E-state index in [1.807, 2.05) is 13.8 Å². The normalized spacial score (nSPS) is 10.3. The molecule has 0 heterocycles. The van der Waals surface area contributed by atoms with E-state index in [2.05, 4.69) is 10.6 Å². The first-order chi connectivity index (χ1) is 10.5. The quantitative estimate of drug-likeness (QED) is 0.566. The fraction of sp³-hybridized carbons (Fsp3) is 0.467. The van der Waals surface area contributed by atoms with Crippen LogP contribution in [-0.2, 0) is 4.79 Å². The number of nitrogens with zero attached hydrogens (tertiary/aromatic N) is 1. The predicted molar refractivity (Wildman–Crippen MR) is 82.6 cm³/mol. The van der Waals surface area contributed by atoms with Crippen molar-refractivity contribution in [2.24, 2.45) is 0 Å². The lowest BCUT2D eigenvalue weighted by Crippen LogP contribution is -2.36. The van der Waals surface area contributed by atoms with Crippen LogP contribution in [0.4, 0.5) is 5.69 Å². The third-order valence-corrected chi connectivity index (χ3v) is 3.33. The Hall–Kier alpha value is -2.44. The van der Waals surface area contributed by atoms with Gasteiger partial charge >= 0.3 is 0 Å². The number of nitro benzene ring substituents is 1. The van der Waals surface area contributed by atoms with Crippen molar-refractivity contribution >= 4 is 17.5 Å². The third kappa shape index (κ3) is 5.51. The molecule has 2 amide bonds. The fourth-order valence-electron chi connectivity index (χ4n) is 1.92. The Bertz CT molecular complexity index is 524. The van der Waals surface area contributed by atoms with Crippen LogP contribution >= 0.6 is 0 Å². The third-order valence-electron chi connectivity index (χ3n) is 3.33. The van der Waals surface area contributed by atoms with E-state index in [1.54, 1.807) is 0 Å². The van der Waals surface area contributed by atoms with Crippen LogP contribution in [0.5, 0.6) is 0 Å². The Morgan fingerprint density at radius 1 is 1.18 bits per heavy atom. The number of amides is 2. The van der Waals surface area contributed by atoms with Crippen LogP contribution < -0.4 is 10.6 Å². The molecule has 1 aromatic rings. The molecule has 0 aliphatic rings. The van der Waals surface area contributed by atoms with Gasteiger partial charge in [0.15, 0.2) is 0 Å². The second-order valence-corrected chi connectivity index (χ2v) is 4.89. The number of benzene rings is 1. The highest BCUT2D eigenvalue weighted by Gasteiger charge is 2.11. The Morgan fingerprint density at radius 3 is 2.27 bits per heavy atom. The summed E-state index contributed by atoms with van der Waals surface area (Å²) in [4.78, 5) is 33.5. The maximum Gasteiger partial charge on any atom is 0.269 e. The molecule has 0 saturated carbocycles. The van der Waals surface area contributed by atoms with E-state index in [4.69, 9.17) is 0 Å². The first-order valence-corrected chi connectivity index (χ1v) is 7.29. The van der Waals surface area contributed by atoms with Gasteiger partial charge in [0, 0.05) is 36.7 Å². The minimum absolute atomic E-state index is 0.0684. The van der Waals surface area contributed by atoms with Gasteiger partial charge in [0.05, 0.1) is 4.92 Å². The first kappa shape index (κ1) is 17.6. The molecule has 2 N–H and O–H groups in total. The average molecular weight is 307 g/mol. The van der Waals surface area contributed by atoms with E-state index in [9.17, 15) is 19.7 Å². The standard InChI is InChI=1S/C15H21N3O4/c1-3-12(4-2)17-14(19)9-10-16-15(20)11-5-7-13(8-6-11)18(21)22/h5-8,12H,3-4,9-10H2,1-2H3,(H,16,20)(H,17,19). The zero-order valence-electron chi connectivity index (χ0n) is 12.8. The lowest BCUT2D eigenvalue weighted by atomic mass is 10.1. The molecule has 0 unspecified atom stereocenters. The van der Waals surface area contributed by atoms with Crippen molar-refractivity contribution in [3.8, 4) is 0 Å². The Labute approximate surface area is 129 Å². The lowest BCUT2D eigenvalue weighted by molar-refractivity contribution is -0.384. The molecular weight excluding hydrogens is 286 g/mol. The molecule has 0 atom stereocenters. The molecule has 0 bridgehead atoms. The van der Waals surface area contributed by atoms with Crippen molar-refractivity contribution < 1.29 is 14.5 Å². The maximum atomic E-state index is 11.8. The minimum Gasteiger partial charge on any atom is -0.353 e. The molecule has 0 spiro atoms. The van der Waals surface area contributed by atoms with Crippen molar-refractivity contribution in [3.05, 3.63) is 39.9 Å². The molecular formula is C15H21N3O4. The van der Waals surface area contributed by atoms with Gasteiger partial charge in [-0.25, -0.2) is 0 Å². The number of non-ortho nitro benzene ring substituents is 1. The number of hydrogen-bond donors (Lipinski definition) is 2. The first-order valence-electron chi connectivity index (χ1n) is 7.29. The highest BCUT2D eigenvalue weighted by molar-refractivity contribution is 5.94. The number of nitro groups is 1. The summed E-state index contributed by atoms with van der Waals surface area (Å²) in [6.07, 6.45) is 1.95. The van der Waals surface area contributed by atoms with E-state index in [0.29, 0.717) is 5.56 Å². The summed E-state index contributed by atoms with van der Waals surface area (Å²) in [5.74, 6) is -0.456. The van der Waals surface area contributed by atoms with E-state index < -0.39 is 4.92 Å². The number of hydrogen-bond acceptors (Lipinski definition) is 4. The van der Waals surface area contributed by atoms with E-state index in [1.165, 1.54) is 24.3 Å². The Balaban J connectivity index is 2.39. The SMILES string of the molecule is CCC(CC)NC(=O)CCNC(=O)c1ccc([N+](=O)[O-])cc1. The summed E-state index contributed by atoms with van der Waals surface area (Å²) < 4.78 is 0. The van der Waals surface area contributed by atoms with Crippen LogP contribution in [0.2, 0.25) is 0 Å². The molecule has 0 radical (unpaired) electrons. The number of rotatable bonds is 8. The highest BCUT2D eigenvalue weighted by Crippen LogP contribution is 2.11.